The average Bonchev–Trinajstić information content (AvgIpc) is 2.01. The van der Waals surface area contributed by atoms with E-state index < -0.39 is 0 Å². The number of hydrogen-bond acceptors (Lipinski definition) is 1. The van der Waals surface area contributed by atoms with E-state index in [-0.39, 0.29) is 11.9 Å². The van der Waals surface area contributed by atoms with Crippen LogP contribution in [-0.4, -0.2) is 6.04 Å². The van der Waals surface area contributed by atoms with Crippen LogP contribution in [0.1, 0.15) is 37.8 Å². The molecular formula is C12H18FN. The summed E-state index contributed by atoms with van der Waals surface area (Å²) < 4.78 is 13.2. The minimum atomic E-state index is -0.160. The van der Waals surface area contributed by atoms with Gasteiger partial charge in [0.05, 0.1) is 0 Å². The largest absolute Gasteiger partial charge is 0.328 e. The molecule has 0 bridgehead atoms. The van der Waals surface area contributed by atoms with E-state index in [9.17, 15) is 4.39 Å². The second kappa shape index (κ2) is 4.56. The first-order valence-electron chi connectivity index (χ1n) is 5.04. The molecule has 1 nitrogen and oxygen atoms in total. The van der Waals surface area contributed by atoms with Crippen LogP contribution in [0.5, 0.6) is 0 Å². The van der Waals surface area contributed by atoms with Gasteiger partial charge in [-0.3, -0.25) is 0 Å². The molecule has 78 valence electrons. The first kappa shape index (κ1) is 11.2. The highest BCUT2D eigenvalue weighted by molar-refractivity contribution is 5.27. The molecular weight excluding hydrogens is 177 g/mol. The fourth-order valence-corrected chi connectivity index (χ4v) is 1.50. The van der Waals surface area contributed by atoms with E-state index in [1.54, 1.807) is 12.1 Å². The summed E-state index contributed by atoms with van der Waals surface area (Å²) in [6.45, 7) is 6.05. The standard InChI is InChI=1S/C12H18FN/c1-8(2)11-5-10(4-9(3)14)6-12(13)7-11/h5-9H,4,14H2,1-3H3. The number of nitrogens with two attached hydrogens (primary N) is 1. The molecule has 0 aliphatic carbocycles. The summed E-state index contributed by atoms with van der Waals surface area (Å²) in [5, 5.41) is 0. The molecule has 1 aromatic rings. The minimum absolute atomic E-state index is 0.0804. The van der Waals surface area contributed by atoms with Gasteiger partial charge in [0.2, 0.25) is 0 Å². The zero-order valence-corrected chi connectivity index (χ0v) is 9.05. The number of halogens is 1. The van der Waals surface area contributed by atoms with Gasteiger partial charge in [0, 0.05) is 6.04 Å². The molecule has 0 saturated carbocycles. The Balaban J connectivity index is 2.95. The molecule has 0 saturated heterocycles. The predicted molar refractivity (Wildman–Crippen MR) is 57.8 cm³/mol. The van der Waals surface area contributed by atoms with Crippen molar-refractivity contribution in [1.29, 1.82) is 0 Å². The van der Waals surface area contributed by atoms with Crippen LogP contribution in [0.4, 0.5) is 4.39 Å². The lowest BCUT2D eigenvalue weighted by atomic mass is 9.98. The predicted octanol–water partition coefficient (Wildman–Crippen LogP) is 2.84. The van der Waals surface area contributed by atoms with E-state index in [2.05, 4.69) is 13.8 Å². The molecule has 0 amide bonds. The van der Waals surface area contributed by atoms with Gasteiger partial charge in [0.15, 0.2) is 0 Å². The maximum atomic E-state index is 13.2. The lowest BCUT2D eigenvalue weighted by Gasteiger charge is -2.10. The van der Waals surface area contributed by atoms with Crippen LogP contribution in [0.3, 0.4) is 0 Å². The highest BCUT2D eigenvalue weighted by Crippen LogP contribution is 2.18. The first-order chi connectivity index (χ1) is 6.49. The van der Waals surface area contributed by atoms with Crippen molar-refractivity contribution in [2.24, 2.45) is 5.73 Å². The normalized spacial score (nSPS) is 13.3. The fraction of sp³-hybridized carbons (Fsp3) is 0.500. The molecule has 0 radical (unpaired) electrons. The van der Waals surface area contributed by atoms with Crippen LogP contribution in [0.25, 0.3) is 0 Å². The highest BCUT2D eigenvalue weighted by atomic mass is 19.1. The van der Waals surface area contributed by atoms with Crippen molar-refractivity contribution in [3.8, 4) is 0 Å². The molecule has 2 heteroatoms. The van der Waals surface area contributed by atoms with E-state index in [4.69, 9.17) is 5.73 Å². The molecule has 0 aliphatic heterocycles. The summed E-state index contributed by atoms with van der Waals surface area (Å²) in [4.78, 5) is 0. The molecule has 1 unspecified atom stereocenters. The zero-order valence-electron chi connectivity index (χ0n) is 9.05. The molecule has 0 heterocycles. The topological polar surface area (TPSA) is 26.0 Å². The van der Waals surface area contributed by atoms with Crippen molar-refractivity contribution in [2.75, 3.05) is 0 Å². The number of benzene rings is 1. The van der Waals surface area contributed by atoms with Gasteiger partial charge in [-0.05, 0) is 42.5 Å². The van der Waals surface area contributed by atoms with Gasteiger partial charge in [-0.25, -0.2) is 4.39 Å². The minimum Gasteiger partial charge on any atom is -0.328 e. The third kappa shape index (κ3) is 3.11. The second-order valence-corrected chi connectivity index (χ2v) is 4.23. The van der Waals surface area contributed by atoms with Crippen molar-refractivity contribution in [2.45, 2.75) is 39.2 Å². The van der Waals surface area contributed by atoms with E-state index in [1.807, 2.05) is 13.0 Å². The van der Waals surface area contributed by atoms with Gasteiger partial charge in [0.1, 0.15) is 5.82 Å². The summed E-state index contributed by atoms with van der Waals surface area (Å²) >= 11 is 0. The molecule has 2 N–H and O–H groups in total. The van der Waals surface area contributed by atoms with E-state index in [0.29, 0.717) is 5.92 Å². The van der Waals surface area contributed by atoms with E-state index in [1.165, 1.54) is 0 Å². The Hall–Kier alpha value is -0.890. The Morgan fingerprint density at radius 2 is 1.86 bits per heavy atom. The van der Waals surface area contributed by atoms with Crippen LogP contribution < -0.4 is 5.73 Å². The van der Waals surface area contributed by atoms with E-state index >= 15 is 0 Å². The van der Waals surface area contributed by atoms with Crippen molar-refractivity contribution < 1.29 is 4.39 Å². The van der Waals surface area contributed by atoms with Crippen LogP contribution in [0.15, 0.2) is 18.2 Å². The van der Waals surface area contributed by atoms with Crippen molar-refractivity contribution in [3.63, 3.8) is 0 Å². The van der Waals surface area contributed by atoms with Crippen LogP contribution in [-0.2, 0) is 6.42 Å². The van der Waals surface area contributed by atoms with Gasteiger partial charge in [-0.1, -0.05) is 19.9 Å². The quantitative estimate of drug-likeness (QED) is 0.788. The van der Waals surface area contributed by atoms with Gasteiger partial charge in [0.25, 0.3) is 0 Å². The van der Waals surface area contributed by atoms with Crippen molar-refractivity contribution in [1.82, 2.24) is 0 Å². The van der Waals surface area contributed by atoms with Crippen LogP contribution in [0.2, 0.25) is 0 Å². The van der Waals surface area contributed by atoms with Gasteiger partial charge in [-0.15, -0.1) is 0 Å². The smallest absolute Gasteiger partial charge is 0.123 e. The third-order valence-electron chi connectivity index (χ3n) is 2.20. The van der Waals surface area contributed by atoms with Gasteiger partial charge >= 0.3 is 0 Å². The van der Waals surface area contributed by atoms with Crippen LogP contribution >= 0.6 is 0 Å². The van der Waals surface area contributed by atoms with Gasteiger partial charge < -0.3 is 5.73 Å². The Bertz CT molecular complexity index is 305. The van der Waals surface area contributed by atoms with Crippen molar-refractivity contribution in [3.05, 3.63) is 35.1 Å². The highest BCUT2D eigenvalue weighted by Gasteiger charge is 2.05. The molecule has 0 aromatic heterocycles. The summed E-state index contributed by atoms with van der Waals surface area (Å²) in [5.41, 5.74) is 7.71. The lowest BCUT2D eigenvalue weighted by Crippen LogP contribution is -2.18. The number of rotatable bonds is 3. The maximum absolute atomic E-state index is 13.2. The third-order valence-corrected chi connectivity index (χ3v) is 2.20. The first-order valence-corrected chi connectivity index (χ1v) is 5.04. The maximum Gasteiger partial charge on any atom is 0.123 e. The molecule has 0 aliphatic rings. The zero-order chi connectivity index (χ0) is 10.7. The second-order valence-electron chi connectivity index (χ2n) is 4.23. The average molecular weight is 195 g/mol. The van der Waals surface area contributed by atoms with Gasteiger partial charge in [-0.2, -0.15) is 0 Å². The van der Waals surface area contributed by atoms with E-state index in [0.717, 1.165) is 17.5 Å². The van der Waals surface area contributed by atoms with Crippen molar-refractivity contribution >= 4 is 0 Å². The monoisotopic (exact) mass is 195 g/mol. The fourth-order valence-electron chi connectivity index (χ4n) is 1.50. The molecule has 0 spiro atoms. The SMILES string of the molecule is CC(N)Cc1cc(F)cc(C(C)C)c1. The Labute approximate surface area is 85.1 Å². The number of hydrogen-bond donors (Lipinski definition) is 1. The Morgan fingerprint density at radius 1 is 1.21 bits per heavy atom. The Kier molecular flexibility index (Phi) is 3.64. The summed E-state index contributed by atoms with van der Waals surface area (Å²) in [7, 11) is 0. The molecule has 1 rings (SSSR count). The molecule has 14 heavy (non-hydrogen) atoms. The lowest BCUT2D eigenvalue weighted by molar-refractivity contribution is 0.617. The molecule has 0 fully saturated rings. The summed E-state index contributed by atoms with van der Waals surface area (Å²) in [6, 6.07) is 5.28. The Morgan fingerprint density at radius 3 is 2.36 bits per heavy atom. The molecule has 1 aromatic carbocycles. The molecule has 1 atom stereocenters. The summed E-state index contributed by atoms with van der Waals surface area (Å²) in [5.74, 6) is 0.199. The summed E-state index contributed by atoms with van der Waals surface area (Å²) in [6.07, 6.45) is 0.734. The van der Waals surface area contributed by atoms with Crippen LogP contribution in [0, 0.1) is 5.82 Å².